The number of rotatable bonds is 8. The van der Waals surface area contributed by atoms with E-state index in [9.17, 15) is 9.90 Å². The third-order valence-corrected chi connectivity index (χ3v) is 8.74. The largest absolute Gasteiger partial charge is 0.489 e. The Hall–Kier alpha value is -3.46. The van der Waals surface area contributed by atoms with E-state index in [-0.39, 0.29) is 12.3 Å². The Bertz CT molecular complexity index is 1550. The highest BCUT2D eigenvalue weighted by atomic mass is 32.2. The van der Waals surface area contributed by atoms with Crippen LogP contribution >= 0.6 is 23.1 Å². The van der Waals surface area contributed by atoms with Crippen LogP contribution in [0.2, 0.25) is 0 Å². The molecule has 3 aromatic carbocycles. The smallest absolute Gasteiger partial charge is 0.304 e. The number of thioether (sulfide) groups is 1. The van der Waals surface area contributed by atoms with Gasteiger partial charge in [0.2, 0.25) is 0 Å². The number of carboxylic acid groups (broad SMARTS) is 1. The number of allylic oxidation sites excluding steroid dienone is 1. The number of aliphatic carboxylic acids is 1. The van der Waals surface area contributed by atoms with Gasteiger partial charge in [0.1, 0.15) is 12.4 Å². The molecule has 2 heterocycles. The van der Waals surface area contributed by atoms with Crippen LogP contribution in [0.25, 0.3) is 26.8 Å². The molecule has 4 aromatic rings. The number of ether oxygens (including phenoxy) is 1. The van der Waals surface area contributed by atoms with Gasteiger partial charge in [0.05, 0.1) is 12.3 Å². The van der Waals surface area contributed by atoms with Crippen molar-refractivity contribution in [2.45, 2.75) is 39.2 Å². The SMILES string of the molecule is CC#CC(CC(=O)O)c1ccc(COc2ccc3scc(-c4ccc(C5=CCSCC5)cc4C)c3c2)cc1. The van der Waals surface area contributed by atoms with E-state index >= 15 is 0 Å². The lowest BCUT2D eigenvalue weighted by Gasteiger charge is -2.15. The summed E-state index contributed by atoms with van der Waals surface area (Å²) < 4.78 is 7.42. The van der Waals surface area contributed by atoms with Gasteiger partial charge in [-0.2, -0.15) is 11.8 Å². The highest BCUT2D eigenvalue weighted by Crippen LogP contribution is 2.39. The van der Waals surface area contributed by atoms with Crippen molar-refractivity contribution in [3.8, 4) is 28.7 Å². The average molecular weight is 539 g/mol. The topological polar surface area (TPSA) is 46.5 Å². The molecule has 1 atom stereocenters. The van der Waals surface area contributed by atoms with Gasteiger partial charge in [-0.25, -0.2) is 0 Å². The Labute approximate surface area is 232 Å². The molecule has 38 heavy (non-hydrogen) atoms. The van der Waals surface area contributed by atoms with Crippen molar-refractivity contribution in [2.24, 2.45) is 0 Å². The fourth-order valence-corrected chi connectivity index (χ4v) is 6.67. The molecule has 192 valence electrons. The maximum Gasteiger partial charge on any atom is 0.304 e. The van der Waals surface area contributed by atoms with E-state index in [1.807, 2.05) is 42.1 Å². The van der Waals surface area contributed by atoms with Gasteiger partial charge in [-0.05, 0) is 83.0 Å². The van der Waals surface area contributed by atoms with E-state index in [1.54, 1.807) is 18.3 Å². The van der Waals surface area contributed by atoms with Crippen molar-refractivity contribution >= 4 is 44.7 Å². The zero-order valence-electron chi connectivity index (χ0n) is 21.6. The Kier molecular flexibility index (Phi) is 8.22. The van der Waals surface area contributed by atoms with Crippen molar-refractivity contribution in [3.05, 3.63) is 94.4 Å². The number of carbonyl (C=O) groups is 1. The first-order valence-corrected chi connectivity index (χ1v) is 14.8. The van der Waals surface area contributed by atoms with Crippen molar-refractivity contribution in [1.29, 1.82) is 0 Å². The molecule has 1 N–H and O–H groups in total. The van der Waals surface area contributed by atoms with Crippen LogP contribution in [0, 0.1) is 18.8 Å². The van der Waals surface area contributed by atoms with Crippen LogP contribution in [0.15, 0.2) is 72.1 Å². The summed E-state index contributed by atoms with van der Waals surface area (Å²) in [6.45, 7) is 4.38. The van der Waals surface area contributed by atoms with E-state index < -0.39 is 5.97 Å². The molecule has 1 aliphatic rings. The monoisotopic (exact) mass is 538 g/mol. The molecular weight excluding hydrogens is 508 g/mol. The summed E-state index contributed by atoms with van der Waals surface area (Å²) in [6, 6.07) is 21.0. The summed E-state index contributed by atoms with van der Waals surface area (Å²) >= 11 is 3.76. The number of thiophene rings is 1. The molecule has 1 unspecified atom stereocenters. The van der Waals surface area contributed by atoms with Crippen LogP contribution < -0.4 is 4.74 Å². The molecule has 0 radical (unpaired) electrons. The molecule has 5 rings (SSSR count). The van der Waals surface area contributed by atoms with Crippen LogP contribution in [0.1, 0.15) is 47.9 Å². The maximum atomic E-state index is 11.2. The first-order valence-electron chi connectivity index (χ1n) is 12.8. The fourth-order valence-electron chi connectivity index (χ4n) is 4.88. The molecule has 3 nitrogen and oxygen atoms in total. The first-order chi connectivity index (χ1) is 18.5. The highest BCUT2D eigenvalue weighted by molar-refractivity contribution is 7.99. The molecular formula is C33H30O3S2. The molecule has 0 saturated carbocycles. The number of hydrogen-bond donors (Lipinski definition) is 1. The number of aryl methyl sites for hydroxylation is 1. The van der Waals surface area contributed by atoms with Gasteiger partial charge in [-0.15, -0.1) is 17.3 Å². The van der Waals surface area contributed by atoms with Crippen molar-refractivity contribution < 1.29 is 14.6 Å². The third-order valence-electron chi connectivity index (χ3n) is 6.88. The number of hydrogen-bond acceptors (Lipinski definition) is 4. The second-order valence-corrected chi connectivity index (χ2v) is 11.5. The van der Waals surface area contributed by atoms with Gasteiger partial charge in [0, 0.05) is 21.4 Å². The quantitative estimate of drug-likeness (QED) is 0.228. The van der Waals surface area contributed by atoms with Crippen LogP contribution in [0.5, 0.6) is 5.75 Å². The minimum atomic E-state index is -0.847. The summed E-state index contributed by atoms with van der Waals surface area (Å²) in [7, 11) is 0. The summed E-state index contributed by atoms with van der Waals surface area (Å²) in [5, 5.41) is 12.6. The molecule has 0 saturated heterocycles. The minimum Gasteiger partial charge on any atom is -0.489 e. The van der Waals surface area contributed by atoms with E-state index in [0.29, 0.717) is 6.61 Å². The Morgan fingerprint density at radius 2 is 1.92 bits per heavy atom. The van der Waals surface area contributed by atoms with Gasteiger partial charge >= 0.3 is 5.97 Å². The molecule has 0 fully saturated rings. The Morgan fingerprint density at radius 1 is 1.08 bits per heavy atom. The van der Waals surface area contributed by atoms with Crippen molar-refractivity contribution in [1.82, 2.24) is 0 Å². The van der Waals surface area contributed by atoms with E-state index in [0.717, 1.165) is 29.1 Å². The second-order valence-electron chi connectivity index (χ2n) is 9.47. The number of carboxylic acids is 1. The zero-order valence-corrected chi connectivity index (χ0v) is 23.3. The van der Waals surface area contributed by atoms with E-state index in [1.165, 1.54) is 43.7 Å². The molecule has 0 spiro atoms. The lowest BCUT2D eigenvalue weighted by atomic mass is 9.94. The average Bonchev–Trinajstić information content (AvgIpc) is 3.35. The maximum absolute atomic E-state index is 11.2. The summed E-state index contributed by atoms with van der Waals surface area (Å²) in [4.78, 5) is 11.2. The molecule has 0 amide bonds. The standard InChI is InChI=1S/C33H30O3S2/c1-3-4-26(18-33(34)35)24-7-5-23(6-8-24)20-36-28-10-12-32-30(19-28)31(21-38-32)29-11-9-27(17-22(29)2)25-13-15-37-16-14-25/h5-13,17,19,21,26H,14-16,18,20H2,1-2H3,(H,34,35). The van der Waals surface area contributed by atoms with Crippen molar-refractivity contribution in [3.63, 3.8) is 0 Å². The molecule has 0 bridgehead atoms. The van der Waals surface area contributed by atoms with Crippen LogP contribution in [-0.4, -0.2) is 22.6 Å². The number of benzene rings is 3. The predicted molar refractivity (Wildman–Crippen MR) is 161 cm³/mol. The second kappa shape index (κ2) is 11.9. The van der Waals surface area contributed by atoms with E-state index in [4.69, 9.17) is 4.74 Å². The molecule has 1 aliphatic heterocycles. The number of fused-ring (bicyclic) bond motifs is 1. The Morgan fingerprint density at radius 3 is 2.63 bits per heavy atom. The summed E-state index contributed by atoms with van der Waals surface area (Å²) in [5.74, 6) is 7.84. The lowest BCUT2D eigenvalue weighted by molar-refractivity contribution is -0.137. The summed E-state index contributed by atoms with van der Waals surface area (Å²) in [6.07, 6.45) is 3.51. The molecule has 0 aliphatic carbocycles. The van der Waals surface area contributed by atoms with Gasteiger partial charge in [-0.1, -0.05) is 54.5 Å². The minimum absolute atomic E-state index is 0.00109. The van der Waals surface area contributed by atoms with E-state index in [2.05, 4.69) is 60.6 Å². The molecule has 1 aromatic heterocycles. The molecule has 5 heteroatoms. The van der Waals surface area contributed by atoms with Crippen LogP contribution in [0.3, 0.4) is 0 Å². The van der Waals surface area contributed by atoms with Crippen LogP contribution in [0.4, 0.5) is 0 Å². The predicted octanol–water partition coefficient (Wildman–Crippen LogP) is 8.56. The van der Waals surface area contributed by atoms with Gasteiger partial charge in [-0.3, -0.25) is 4.79 Å². The first kappa shape index (κ1) is 26.2. The lowest BCUT2D eigenvalue weighted by Crippen LogP contribution is -2.05. The summed E-state index contributed by atoms with van der Waals surface area (Å²) in [5.41, 5.74) is 8.56. The normalized spacial score (nSPS) is 13.9. The van der Waals surface area contributed by atoms with Gasteiger partial charge in [0.25, 0.3) is 0 Å². The third kappa shape index (κ3) is 5.99. The fraction of sp³-hybridized carbons (Fsp3) is 0.242. The zero-order chi connectivity index (χ0) is 26.5. The highest BCUT2D eigenvalue weighted by Gasteiger charge is 2.14. The van der Waals surface area contributed by atoms with Crippen LogP contribution in [-0.2, 0) is 11.4 Å². The van der Waals surface area contributed by atoms with Crippen molar-refractivity contribution in [2.75, 3.05) is 11.5 Å². The van der Waals surface area contributed by atoms with Gasteiger partial charge in [0.15, 0.2) is 0 Å². The Balaban J connectivity index is 1.32. The van der Waals surface area contributed by atoms with Gasteiger partial charge < -0.3 is 9.84 Å².